The minimum Gasteiger partial charge on any atom is -0.223 e. The summed E-state index contributed by atoms with van der Waals surface area (Å²) < 4.78 is 132. The van der Waals surface area contributed by atoms with Crippen LogP contribution in [0.2, 0.25) is 0 Å². The van der Waals surface area contributed by atoms with Gasteiger partial charge in [-0.3, -0.25) is 0 Å². The van der Waals surface area contributed by atoms with Gasteiger partial charge in [0.1, 0.15) is 0 Å². The third-order valence-electron chi connectivity index (χ3n) is 2.11. The van der Waals surface area contributed by atoms with E-state index in [1.807, 2.05) is 0 Å². The van der Waals surface area contributed by atoms with E-state index in [-0.39, 0.29) is 0 Å². The summed E-state index contributed by atoms with van der Waals surface area (Å²) in [5.41, 5.74) is -6.15. The fourth-order valence-electron chi connectivity index (χ4n) is 1.08. The zero-order valence-electron chi connectivity index (χ0n) is 9.13. The topological polar surface area (TPSA) is 34.1 Å². The molecule has 0 aliphatic rings. The van der Waals surface area contributed by atoms with Crippen molar-refractivity contribution in [2.45, 2.75) is 36.8 Å². The first-order valence-electron chi connectivity index (χ1n) is 4.54. The highest BCUT2D eigenvalue weighted by Crippen LogP contribution is 2.51. The molecule has 0 heterocycles. The first-order chi connectivity index (χ1) is 8.41. The summed E-state index contributed by atoms with van der Waals surface area (Å²) in [4.78, 5) is 0. The van der Waals surface area contributed by atoms with E-state index >= 15 is 0 Å². The van der Waals surface area contributed by atoms with Gasteiger partial charge in [0.25, 0.3) is 5.92 Å². The van der Waals surface area contributed by atoms with Gasteiger partial charge < -0.3 is 0 Å². The second-order valence-corrected chi connectivity index (χ2v) is 6.72. The zero-order valence-corrected chi connectivity index (χ0v) is 10.7. The minimum absolute atomic E-state index is 1.60. The lowest BCUT2D eigenvalue weighted by Gasteiger charge is -2.32. The van der Waals surface area contributed by atoms with Gasteiger partial charge in [-0.05, 0) is 0 Å². The van der Waals surface area contributed by atoms with Crippen molar-refractivity contribution in [3.05, 3.63) is 0 Å². The lowest BCUT2D eigenvalue weighted by atomic mass is 9.94. The average molecular weight is 361 g/mol. The predicted octanol–water partition coefficient (Wildman–Crippen LogP) is 3.80. The summed E-state index contributed by atoms with van der Waals surface area (Å²) in [5, 5.41) is 0. The smallest absolute Gasteiger partial charge is 0.223 e. The van der Waals surface area contributed by atoms with Crippen LogP contribution in [-0.4, -0.2) is 38.1 Å². The largest absolute Gasteiger partial charge is 0.431 e. The molecule has 20 heavy (non-hydrogen) atoms. The van der Waals surface area contributed by atoms with Crippen LogP contribution in [0.25, 0.3) is 0 Å². The molecule has 0 spiro atoms. The maximum atomic E-state index is 13.0. The summed E-state index contributed by atoms with van der Waals surface area (Å²) in [6.07, 6.45) is -18.5. The van der Waals surface area contributed by atoms with Crippen LogP contribution in [-0.2, 0) is 9.05 Å². The summed E-state index contributed by atoms with van der Waals surface area (Å²) in [5.74, 6) is -6.48. The second kappa shape index (κ2) is 5.43. The summed E-state index contributed by atoms with van der Waals surface area (Å²) in [6, 6.07) is 0. The van der Waals surface area contributed by atoms with Crippen molar-refractivity contribution in [2.75, 3.05) is 5.75 Å². The SMILES string of the molecule is O=S(=O)(Cl)CCC(F)(F)CC(F)(C(F)(F)F)C(F)(F)F. The molecule has 0 bridgehead atoms. The fourth-order valence-corrected chi connectivity index (χ4v) is 1.85. The van der Waals surface area contributed by atoms with E-state index < -0.39 is 51.6 Å². The molecule has 2 nitrogen and oxygen atoms in total. The Bertz CT molecular complexity index is 424. The van der Waals surface area contributed by atoms with Crippen molar-refractivity contribution in [3.63, 3.8) is 0 Å². The Morgan fingerprint density at radius 3 is 1.40 bits per heavy atom. The Labute approximate surface area is 111 Å². The van der Waals surface area contributed by atoms with Crippen molar-refractivity contribution in [1.29, 1.82) is 0 Å². The predicted molar refractivity (Wildman–Crippen MR) is 49.8 cm³/mol. The highest BCUT2D eigenvalue weighted by atomic mass is 35.7. The van der Waals surface area contributed by atoms with Crippen LogP contribution in [0.1, 0.15) is 12.8 Å². The van der Waals surface area contributed by atoms with Crippen LogP contribution in [0.4, 0.5) is 39.5 Å². The third kappa shape index (κ3) is 5.19. The van der Waals surface area contributed by atoms with Gasteiger partial charge in [0, 0.05) is 17.1 Å². The molecule has 0 aliphatic heterocycles. The van der Waals surface area contributed by atoms with E-state index in [2.05, 4.69) is 10.7 Å². The molecule has 0 saturated carbocycles. The first kappa shape index (κ1) is 19.6. The fraction of sp³-hybridized carbons (Fsp3) is 1.00. The normalized spacial score (nSPS) is 15.5. The molecule has 122 valence electrons. The Kier molecular flexibility index (Phi) is 5.32. The van der Waals surface area contributed by atoms with E-state index in [1.54, 1.807) is 0 Å². The van der Waals surface area contributed by atoms with Gasteiger partial charge in [-0.15, -0.1) is 0 Å². The molecule has 0 aromatic carbocycles. The zero-order chi connectivity index (χ0) is 16.6. The Balaban J connectivity index is 5.29. The van der Waals surface area contributed by atoms with Gasteiger partial charge in [0.15, 0.2) is 0 Å². The monoisotopic (exact) mass is 360 g/mol. The van der Waals surface area contributed by atoms with Gasteiger partial charge in [-0.2, -0.15) is 26.3 Å². The molecule has 0 fully saturated rings. The van der Waals surface area contributed by atoms with Gasteiger partial charge in [-0.25, -0.2) is 21.6 Å². The second-order valence-electron chi connectivity index (χ2n) is 3.82. The third-order valence-corrected chi connectivity index (χ3v) is 3.27. The highest BCUT2D eigenvalue weighted by molar-refractivity contribution is 8.13. The molecule has 13 heteroatoms. The first-order valence-corrected chi connectivity index (χ1v) is 7.02. The van der Waals surface area contributed by atoms with Crippen LogP contribution in [0.15, 0.2) is 0 Å². The number of halogens is 10. The molecule has 0 saturated heterocycles. The molecule has 0 atom stereocenters. The molecule has 0 aromatic heterocycles. The van der Waals surface area contributed by atoms with Crippen LogP contribution < -0.4 is 0 Å². The highest BCUT2D eigenvalue weighted by Gasteiger charge is 2.74. The van der Waals surface area contributed by atoms with Gasteiger partial charge >= 0.3 is 18.0 Å². The molecular formula is C7H6ClF9O2S. The van der Waals surface area contributed by atoms with E-state index in [0.29, 0.717) is 0 Å². The maximum absolute atomic E-state index is 13.0. The Hall–Kier alpha value is -0.390. The molecule has 0 aromatic rings. The van der Waals surface area contributed by atoms with Crippen molar-refractivity contribution in [3.8, 4) is 0 Å². The molecule has 0 amide bonds. The molecular weight excluding hydrogens is 355 g/mol. The average Bonchev–Trinajstić information content (AvgIpc) is 2.09. The Morgan fingerprint density at radius 2 is 1.15 bits per heavy atom. The van der Waals surface area contributed by atoms with Crippen LogP contribution in [0.3, 0.4) is 0 Å². The quantitative estimate of drug-likeness (QED) is 0.552. The van der Waals surface area contributed by atoms with Crippen LogP contribution in [0, 0.1) is 0 Å². The summed E-state index contributed by atoms with van der Waals surface area (Å²) >= 11 is 0. The van der Waals surface area contributed by atoms with Crippen molar-refractivity contribution in [2.24, 2.45) is 0 Å². The van der Waals surface area contributed by atoms with Gasteiger partial charge in [0.2, 0.25) is 9.05 Å². The standard InChI is InChI=1S/C7H6ClF9O2S/c8-20(18,19)2-1-4(9,10)3-5(11,6(12,13)14)7(15,16)17/h1-3H2. The van der Waals surface area contributed by atoms with Gasteiger partial charge in [0.05, 0.1) is 12.2 Å². The maximum Gasteiger partial charge on any atom is 0.431 e. The molecule has 0 N–H and O–H groups in total. The minimum atomic E-state index is -6.63. The molecule has 0 rings (SSSR count). The molecule has 0 radical (unpaired) electrons. The number of hydrogen-bond donors (Lipinski definition) is 0. The van der Waals surface area contributed by atoms with Gasteiger partial charge in [-0.1, -0.05) is 0 Å². The summed E-state index contributed by atoms with van der Waals surface area (Å²) in [7, 11) is -0.0856. The van der Waals surface area contributed by atoms with Crippen LogP contribution >= 0.6 is 10.7 Å². The van der Waals surface area contributed by atoms with E-state index in [1.165, 1.54) is 0 Å². The molecule has 0 aliphatic carbocycles. The van der Waals surface area contributed by atoms with Crippen LogP contribution in [0.5, 0.6) is 0 Å². The van der Waals surface area contributed by atoms with E-state index in [9.17, 15) is 47.9 Å². The lowest BCUT2D eigenvalue weighted by Crippen LogP contribution is -2.56. The summed E-state index contributed by atoms with van der Waals surface area (Å²) in [6.45, 7) is 0. The number of hydrogen-bond acceptors (Lipinski definition) is 2. The Morgan fingerprint density at radius 1 is 0.800 bits per heavy atom. The van der Waals surface area contributed by atoms with E-state index in [4.69, 9.17) is 0 Å². The van der Waals surface area contributed by atoms with E-state index in [0.717, 1.165) is 0 Å². The number of rotatable bonds is 5. The van der Waals surface area contributed by atoms with Crippen molar-refractivity contribution >= 4 is 19.7 Å². The van der Waals surface area contributed by atoms with Crippen molar-refractivity contribution < 1.29 is 47.9 Å². The number of alkyl halides is 9. The molecule has 0 unspecified atom stereocenters. The lowest BCUT2D eigenvalue weighted by molar-refractivity contribution is -0.354. The van der Waals surface area contributed by atoms with Crippen molar-refractivity contribution in [1.82, 2.24) is 0 Å².